The Bertz CT molecular complexity index is 296. The molecule has 0 amide bonds. The molecule has 1 heterocycles. The van der Waals surface area contributed by atoms with Gasteiger partial charge in [-0.15, -0.1) is 0 Å². The fourth-order valence-corrected chi connectivity index (χ4v) is 0.853. The number of aliphatic hydroxyl groups excluding tert-OH is 1. The van der Waals surface area contributed by atoms with Crippen LogP contribution in [0.2, 0.25) is 0 Å². The number of halogens is 3. The number of hydrogen-bond donors (Lipinski definition) is 1. The molecule has 0 aromatic carbocycles. The van der Waals surface area contributed by atoms with Crippen LogP contribution in [0.15, 0.2) is 18.3 Å². The number of hydrogen-bond acceptors (Lipinski definition) is 2. The number of rotatable bonds is 1. The summed E-state index contributed by atoms with van der Waals surface area (Å²) in [5, 5.41) is 8.98. The normalized spacial score (nSPS) is 14.2. The van der Waals surface area contributed by atoms with Crippen molar-refractivity contribution in [3.05, 3.63) is 29.6 Å². The summed E-state index contributed by atoms with van der Waals surface area (Å²) in [6.45, 7) is 1.36. The Hall–Kier alpha value is -1.10. The van der Waals surface area contributed by atoms with Gasteiger partial charge < -0.3 is 5.11 Å². The zero-order chi connectivity index (χ0) is 10.1. The van der Waals surface area contributed by atoms with Crippen LogP contribution in [0.4, 0.5) is 13.2 Å². The second-order valence-corrected chi connectivity index (χ2v) is 2.64. The third-order valence-electron chi connectivity index (χ3n) is 1.54. The highest BCUT2D eigenvalue weighted by Gasteiger charge is 2.30. The molecule has 72 valence electrons. The number of pyridine rings is 1. The predicted octanol–water partition coefficient (Wildman–Crippen LogP) is 2.15. The average Bonchev–Trinajstić information content (AvgIpc) is 2.03. The topological polar surface area (TPSA) is 33.1 Å². The van der Waals surface area contributed by atoms with E-state index in [4.69, 9.17) is 5.11 Å². The molecule has 0 fully saturated rings. The molecule has 2 nitrogen and oxygen atoms in total. The molecular formula is C8H8F3NO. The average molecular weight is 191 g/mol. The molecule has 1 rings (SSSR count). The molecule has 5 heteroatoms. The molecule has 0 spiro atoms. The van der Waals surface area contributed by atoms with Crippen molar-refractivity contribution in [2.75, 3.05) is 0 Å². The van der Waals surface area contributed by atoms with Gasteiger partial charge in [0.15, 0.2) is 0 Å². The van der Waals surface area contributed by atoms with Crippen molar-refractivity contribution in [3.63, 3.8) is 0 Å². The summed E-state index contributed by atoms with van der Waals surface area (Å²) < 4.78 is 36.4. The van der Waals surface area contributed by atoms with Crippen molar-refractivity contribution in [2.45, 2.75) is 19.2 Å². The third-order valence-corrected chi connectivity index (χ3v) is 1.54. The Morgan fingerprint density at radius 2 is 2.08 bits per heavy atom. The van der Waals surface area contributed by atoms with Crippen molar-refractivity contribution in [1.82, 2.24) is 4.98 Å². The summed E-state index contributed by atoms with van der Waals surface area (Å²) in [4.78, 5) is 3.60. The Labute approximate surface area is 73.0 Å². The van der Waals surface area contributed by atoms with Crippen molar-refractivity contribution in [3.8, 4) is 0 Å². The summed E-state index contributed by atoms with van der Waals surface area (Å²) in [5.74, 6) is 0. The lowest BCUT2D eigenvalue weighted by molar-refractivity contribution is -0.137. The lowest BCUT2D eigenvalue weighted by Gasteiger charge is -2.08. The minimum Gasteiger partial charge on any atom is -0.387 e. The van der Waals surface area contributed by atoms with Crippen LogP contribution in [0.1, 0.15) is 24.3 Å². The summed E-state index contributed by atoms with van der Waals surface area (Å²) in [7, 11) is 0. The van der Waals surface area contributed by atoms with Crippen LogP contribution in [0.5, 0.6) is 0 Å². The van der Waals surface area contributed by atoms with Gasteiger partial charge in [-0.05, 0) is 19.1 Å². The van der Waals surface area contributed by atoms with E-state index in [1.165, 1.54) is 6.92 Å². The molecule has 0 aliphatic rings. The highest BCUT2D eigenvalue weighted by Crippen LogP contribution is 2.29. The van der Waals surface area contributed by atoms with E-state index in [-0.39, 0.29) is 5.69 Å². The smallest absolute Gasteiger partial charge is 0.387 e. The number of nitrogens with zero attached hydrogens (tertiary/aromatic N) is 1. The quantitative estimate of drug-likeness (QED) is 0.737. The first-order chi connectivity index (χ1) is 5.91. The van der Waals surface area contributed by atoms with Crippen molar-refractivity contribution < 1.29 is 18.3 Å². The van der Waals surface area contributed by atoms with Gasteiger partial charge in [0.25, 0.3) is 0 Å². The van der Waals surface area contributed by atoms with E-state index >= 15 is 0 Å². The Morgan fingerprint density at radius 1 is 1.46 bits per heavy atom. The SMILES string of the molecule is C[C@@H](O)c1cc(C(F)(F)F)ccn1. The van der Waals surface area contributed by atoms with E-state index < -0.39 is 17.8 Å². The predicted molar refractivity (Wildman–Crippen MR) is 39.9 cm³/mol. The van der Waals surface area contributed by atoms with Gasteiger partial charge in [0.1, 0.15) is 0 Å². The monoisotopic (exact) mass is 191 g/mol. The van der Waals surface area contributed by atoms with Crippen LogP contribution in [0.3, 0.4) is 0 Å². The molecule has 0 aliphatic heterocycles. The molecule has 0 bridgehead atoms. The van der Waals surface area contributed by atoms with Gasteiger partial charge in [-0.25, -0.2) is 0 Å². The Balaban J connectivity index is 3.06. The first kappa shape index (κ1) is 9.98. The molecule has 0 saturated carbocycles. The molecule has 0 unspecified atom stereocenters. The van der Waals surface area contributed by atoms with E-state index in [1.54, 1.807) is 0 Å². The largest absolute Gasteiger partial charge is 0.416 e. The molecule has 0 radical (unpaired) electrons. The third kappa shape index (κ3) is 2.42. The van der Waals surface area contributed by atoms with Crippen LogP contribution in [0, 0.1) is 0 Å². The summed E-state index contributed by atoms with van der Waals surface area (Å²) in [6.07, 6.45) is -4.33. The van der Waals surface area contributed by atoms with E-state index in [9.17, 15) is 13.2 Å². The van der Waals surface area contributed by atoms with E-state index in [0.717, 1.165) is 18.3 Å². The molecule has 13 heavy (non-hydrogen) atoms. The van der Waals surface area contributed by atoms with E-state index in [1.807, 2.05) is 0 Å². The van der Waals surface area contributed by atoms with Crippen LogP contribution in [-0.2, 0) is 6.18 Å². The maximum absolute atomic E-state index is 12.1. The van der Waals surface area contributed by atoms with Gasteiger partial charge in [-0.2, -0.15) is 13.2 Å². The zero-order valence-electron chi connectivity index (χ0n) is 6.84. The second-order valence-electron chi connectivity index (χ2n) is 2.64. The van der Waals surface area contributed by atoms with Gasteiger partial charge in [0.05, 0.1) is 17.4 Å². The number of aliphatic hydroxyl groups is 1. The van der Waals surface area contributed by atoms with E-state index in [2.05, 4.69) is 4.98 Å². The zero-order valence-corrected chi connectivity index (χ0v) is 6.84. The second kappa shape index (κ2) is 3.33. The van der Waals surface area contributed by atoms with Crippen LogP contribution in [-0.4, -0.2) is 10.1 Å². The highest BCUT2D eigenvalue weighted by molar-refractivity contribution is 5.20. The lowest BCUT2D eigenvalue weighted by Crippen LogP contribution is -2.07. The van der Waals surface area contributed by atoms with Gasteiger partial charge in [-0.3, -0.25) is 4.98 Å². The highest BCUT2D eigenvalue weighted by atomic mass is 19.4. The van der Waals surface area contributed by atoms with Gasteiger partial charge >= 0.3 is 6.18 Å². The van der Waals surface area contributed by atoms with Crippen molar-refractivity contribution >= 4 is 0 Å². The number of alkyl halides is 3. The van der Waals surface area contributed by atoms with Crippen LogP contribution in [0.25, 0.3) is 0 Å². The molecule has 1 N–H and O–H groups in total. The summed E-state index contributed by atoms with van der Waals surface area (Å²) >= 11 is 0. The van der Waals surface area contributed by atoms with E-state index in [0.29, 0.717) is 0 Å². The van der Waals surface area contributed by atoms with Crippen molar-refractivity contribution in [1.29, 1.82) is 0 Å². The molecular weight excluding hydrogens is 183 g/mol. The molecule has 1 aromatic heterocycles. The fraction of sp³-hybridized carbons (Fsp3) is 0.375. The van der Waals surface area contributed by atoms with Gasteiger partial charge in [-0.1, -0.05) is 0 Å². The lowest BCUT2D eigenvalue weighted by atomic mass is 10.2. The minimum atomic E-state index is -4.38. The Kier molecular flexibility index (Phi) is 2.56. The molecule has 1 atom stereocenters. The van der Waals surface area contributed by atoms with Crippen LogP contribution >= 0.6 is 0 Å². The Morgan fingerprint density at radius 3 is 2.54 bits per heavy atom. The molecule has 1 aromatic rings. The maximum atomic E-state index is 12.1. The molecule has 0 saturated heterocycles. The van der Waals surface area contributed by atoms with Gasteiger partial charge in [0, 0.05) is 6.20 Å². The standard InChI is InChI=1S/C8H8F3NO/c1-5(13)7-4-6(2-3-12-7)8(9,10)11/h2-5,13H,1H3/t5-/m1/s1. The van der Waals surface area contributed by atoms with Gasteiger partial charge in [0.2, 0.25) is 0 Å². The minimum absolute atomic E-state index is 0.0230. The summed E-state index contributed by atoms with van der Waals surface area (Å²) in [5.41, 5.74) is -0.770. The maximum Gasteiger partial charge on any atom is 0.416 e. The fourth-order valence-electron chi connectivity index (χ4n) is 0.853. The first-order valence-corrected chi connectivity index (χ1v) is 3.62. The van der Waals surface area contributed by atoms with Crippen molar-refractivity contribution in [2.24, 2.45) is 0 Å². The number of aromatic nitrogens is 1. The first-order valence-electron chi connectivity index (χ1n) is 3.62. The van der Waals surface area contributed by atoms with Crippen LogP contribution < -0.4 is 0 Å². The summed E-state index contributed by atoms with van der Waals surface area (Å²) in [6, 6.07) is 1.70. The molecule has 0 aliphatic carbocycles.